The maximum atomic E-state index is 11.3. The first-order valence-corrected chi connectivity index (χ1v) is 10.5. The highest BCUT2D eigenvalue weighted by Gasteiger charge is 2.21. The number of aromatic nitrogens is 3. The number of rotatable bonds is 7. The van der Waals surface area contributed by atoms with Gasteiger partial charge in [0, 0.05) is 17.4 Å². The van der Waals surface area contributed by atoms with Crippen LogP contribution < -0.4 is 4.74 Å². The van der Waals surface area contributed by atoms with Crippen molar-refractivity contribution in [2.24, 2.45) is 0 Å². The summed E-state index contributed by atoms with van der Waals surface area (Å²) in [6, 6.07) is 18.3. The van der Waals surface area contributed by atoms with E-state index in [0.29, 0.717) is 28.0 Å². The van der Waals surface area contributed by atoms with Crippen LogP contribution in [0.1, 0.15) is 5.56 Å². The lowest BCUT2D eigenvalue weighted by atomic mass is 10.2. The Balaban J connectivity index is 1.76. The van der Waals surface area contributed by atoms with E-state index in [1.54, 1.807) is 36.6 Å². The van der Waals surface area contributed by atoms with Crippen molar-refractivity contribution < 1.29 is 9.66 Å². The van der Waals surface area contributed by atoms with Crippen LogP contribution in [0.25, 0.3) is 16.4 Å². The molecule has 0 fully saturated rings. The van der Waals surface area contributed by atoms with Gasteiger partial charge in [0.2, 0.25) is 0 Å². The van der Waals surface area contributed by atoms with Crippen molar-refractivity contribution in [3.63, 3.8) is 0 Å². The van der Waals surface area contributed by atoms with Crippen molar-refractivity contribution in [1.29, 1.82) is 0 Å². The number of nitro groups is 1. The van der Waals surface area contributed by atoms with Crippen LogP contribution in [0.5, 0.6) is 5.75 Å². The Morgan fingerprint density at radius 1 is 1.10 bits per heavy atom. The molecule has 4 rings (SSSR count). The van der Waals surface area contributed by atoms with Crippen LogP contribution in [0.3, 0.4) is 0 Å². The molecule has 0 saturated heterocycles. The monoisotopic (exact) mass is 424 g/mol. The van der Waals surface area contributed by atoms with Gasteiger partial charge in [-0.25, -0.2) is 0 Å². The van der Waals surface area contributed by atoms with E-state index < -0.39 is 0 Å². The molecule has 0 N–H and O–H groups in total. The molecule has 2 heterocycles. The highest BCUT2D eigenvalue weighted by Crippen LogP contribution is 2.35. The van der Waals surface area contributed by atoms with Crippen molar-refractivity contribution in [3.05, 3.63) is 81.7 Å². The van der Waals surface area contributed by atoms with Crippen molar-refractivity contribution in [3.8, 4) is 22.1 Å². The highest BCUT2D eigenvalue weighted by molar-refractivity contribution is 7.98. The van der Waals surface area contributed by atoms with Crippen molar-refractivity contribution in [2.75, 3.05) is 7.11 Å². The van der Waals surface area contributed by atoms with Gasteiger partial charge in [-0.05, 0) is 23.6 Å². The van der Waals surface area contributed by atoms with E-state index in [0.717, 1.165) is 10.6 Å². The summed E-state index contributed by atoms with van der Waals surface area (Å²) in [6.07, 6.45) is 0. The molecule has 0 unspecified atom stereocenters. The Kier molecular flexibility index (Phi) is 5.59. The number of para-hydroxylation sites is 3. The van der Waals surface area contributed by atoms with Gasteiger partial charge in [0.1, 0.15) is 5.75 Å². The van der Waals surface area contributed by atoms with Gasteiger partial charge in [0.15, 0.2) is 11.0 Å². The smallest absolute Gasteiger partial charge is 0.273 e. The largest absolute Gasteiger partial charge is 0.495 e. The molecular formula is C20H16N4O3S2. The van der Waals surface area contributed by atoms with Gasteiger partial charge in [-0.15, -0.1) is 21.5 Å². The third-order valence-electron chi connectivity index (χ3n) is 4.25. The summed E-state index contributed by atoms with van der Waals surface area (Å²) in [4.78, 5) is 11.9. The molecule has 0 atom stereocenters. The third-order valence-corrected chi connectivity index (χ3v) is 6.09. The summed E-state index contributed by atoms with van der Waals surface area (Å²) in [5, 5.41) is 22.7. The fourth-order valence-electron chi connectivity index (χ4n) is 2.91. The number of ether oxygens (including phenoxy) is 1. The summed E-state index contributed by atoms with van der Waals surface area (Å²) in [6.45, 7) is 0. The highest BCUT2D eigenvalue weighted by atomic mass is 32.2. The van der Waals surface area contributed by atoms with E-state index in [1.165, 1.54) is 17.8 Å². The van der Waals surface area contributed by atoms with Gasteiger partial charge in [-0.2, -0.15) is 0 Å². The van der Waals surface area contributed by atoms with Crippen LogP contribution in [-0.4, -0.2) is 26.8 Å². The predicted molar refractivity (Wildman–Crippen MR) is 114 cm³/mol. The molecule has 0 aliphatic heterocycles. The van der Waals surface area contributed by atoms with E-state index in [9.17, 15) is 10.1 Å². The maximum Gasteiger partial charge on any atom is 0.273 e. The summed E-state index contributed by atoms with van der Waals surface area (Å²) >= 11 is 2.97. The van der Waals surface area contributed by atoms with Gasteiger partial charge in [0.25, 0.3) is 5.69 Å². The molecular weight excluding hydrogens is 408 g/mol. The number of nitrogens with zero attached hydrogens (tertiary/aromatic N) is 4. The van der Waals surface area contributed by atoms with E-state index in [2.05, 4.69) is 10.2 Å². The number of methoxy groups -OCH3 is 1. The molecule has 0 amide bonds. The Labute approximate surface area is 175 Å². The molecule has 0 radical (unpaired) electrons. The summed E-state index contributed by atoms with van der Waals surface area (Å²) in [7, 11) is 1.62. The van der Waals surface area contributed by atoms with Crippen LogP contribution in [0.4, 0.5) is 5.69 Å². The number of hydrogen-bond donors (Lipinski definition) is 0. The third kappa shape index (κ3) is 3.87. The average Bonchev–Trinajstić information content (AvgIpc) is 3.42. The first-order valence-electron chi connectivity index (χ1n) is 8.67. The zero-order valence-electron chi connectivity index (χ0n) is 15.4. The van der Waals surface area contributed by atoms with Crippen molar-refractivity contribution >= 4 is 28.8 Å². The summed E-state index contributed by atoms with van der Waals surface area (Å²) < 4.78 is 7.47. The second-order valence-electron chi connectivity index (χ2n) is 5.97. The van der Waals surface area contributed by atoms with Crippen LogP contribution in [0.2, 0.25) is 0 Å². The zero-order chi connectivity index (χ0) is 20.2. The molecule has 0 spiro atoms. The quantitative estimate of drug-likeness (QED) is 0.230. The van der Waals surface area contributed by atoms with Crippen LogP contribution in [0, 0.1) is 10.1 Å². The molecule has 0 bridgehead atoms. The first-order chi connectivity index (χ1) is 14.2. The molecule has 29 heavy (non-hydrogen) atoms. The lowest BCUT2D eigenvalue weighted by molar-refractivity contribution is -0.385. The van der Waals surface area contributed by atoms with Crippen molar-refractivity contribution in [1.82, 2.24) is 14.8 Å². The normalized spacial score (nSPS) is 10.8. The van der Waals surface area contributed by atoms with Gasteiger partial charge in [-0.1, -0.05) is 48.2 Å². The number of thioether (sulfide) groups is 1. The summed E-state index contributed by atoms with van der Waals surface area (Å²) in [5.74, 6) is 1.79. The van der Waals surface area contributed by atoms with Gasteiger partial charge >= 0.3 is 0 Å². The standard InChI is InChI=1S/C20H16N4O3S2/c1-27-17-10-5-4-9-16(17)23-19(18-11-6-12-28-18)21-22-20(23)29-13-14-7-2-3-8-15(14)24(25)26/h2-12H,13H2,1H3. The SMILES string of the molecule is COc1ccccc1-n1c(SCc2ccccc2[N+](=O)[O-])nnc1-c1cccs1. The predicted octanol–water partition coefficient (Wildman–Crippen LogP) is 5.20. The van der Waals surface area contributed by atoms with E-state index in [4.69, 9.17) is 4.74 Å². The Morgan fingerprint density at radius 2 is 1.90 bits per heavy atom. The maximum absolute atomic E-state index is 11.3. The second-order valence-corrected chi connectivity index (χ2v) is 7.86. The van der Waals surface area contributed by atoms with Crippen LogP contribution in [-0.2, 0) is 5.75 Å². The number of thiophene rings is 1. The number of nitro benzene ring substituents is 1. The fourth-order valence-corrected chi connectivity index (χ4v) is 4.55. The molecule has 0 aliphatic carbocycles. The van der Waals surface area contributed by atoms with Gasteiger partial charge in [0.05, 0.1) is 22.6 Å². The van der Waals surface area contributed by atoms with Gasteiger partial charge < -0.3 is 4.74 Å². The fraction of sp³-hybridized carbons (Fsp3) is 0.100. The van der Waals surface area contributed by atoms with Gasteiger partial charge in [-0.3, -0.25) is 14.7 Å². The van der Waals surface area contributed by atoms with E-state index >= 15 is 0 Å². The molecule has 9 heteroatoms. The molecule has 4 aromatic rings. The Morgan fingerprint density at radius 3 is 2.66 bits per heavy atom. The molecule has 0 aliphatic rings. The minimum Gasteiger partial charge on any atom is -0.495 e. The Hall–Kier alpha value is -3.17. The average molecular weight is 425 g/mol. The van der Waals surface area contributed by atoms with E-state index in [-0.39, 0.29) is 10.6 Å². The van der Waals surface area contributed by atoms with E-state index in [1.807, 2.05) is 46.3 Å². The van der Waals surface area contributed by atoms with Crippen molar-refractivity contribution in [2.45, 2.75) is 10.9 Å². The number of benzene rings is 2. The topological polar surface area (TPSA) is 83.1 Å². The molecule has 0 saturated carbocycles. The molecule has 146 valence electrons. The molecule has 7 nitrogen and oxygen atoms in total. The Bertz CT molecular complexity index is 1140. The van der Waals surface area contributed by atoms with Crippen LogP contribution >= 0.6 is 23.1 Å². The van der Waals surface area contributed by atoms with Crippen LogP contribution in [0.15, 0.2) is 71.2 Å². The zero-order valence-corrected chi connectivity index (χ0v) is 17.0. The second kappa shape index (κ2) is 8.46. The minimum atomic E-state index is -0.363. The first kappa shape index (κ1) is 19.2. The lowest BCUT2D eigenvalue weighted by Crippen LogP contribution is -2.02. The lowest BCUT2D eigenvalue weighted by Gasteiger charge is -2.13. The molecule has 2 aromatic heterocycles. The molecule has 2 aromatic carbocycles. The minimum absolute atomic E-state index is 0.0989. The summed E-state index contributed by atoms with van der Waals surface area (Å²) in [5.41, 5.74) is 1.55. The number of hydrogen-bond acceptors (Lipinski definition) is 7.